The van der Waals surface area contributed by atoms with Crippen LogP contribution in [0.3, 0.4) is 0 Å². The SMILES string of the molecule is CC(=O)Nc1cccc(-n2ccc3nc(C=Cc4cccnc4)cc(=O)n32)c1. The quantitative estimate of drug-likeness (QED) is 0.598. The van der Waals surface area contributed by atoms with Crippen molar-refractivity contribution in [2.75, 3.05) is 5.32 Å². The highest BCUT2D eigenvalue weighted by Gasteiger charge is 2.08. The first-order valence-corrected chi connectivity index (χ1v) is 8.68. The molecule has 0 unspecified atom stereocenters. The van der Waals surface area contributed by atoms with Gasteiger partial charge in [0.05, 0.1) is 11.4 Å². The summed E-state index contributed by atoms with van der Waals surface area (Å²) in [6.45, 7) is 1.45. The summed E-state index contributed by atoms with van der Waals surface area (Å²) in [5.41, 5.74) is 3.22. The number of amides is 1. The molecule has 0 bridgehead atoms. The van der Waals surface area contributed by atoms with E-state index in [1.54, 1.807) is 47.5 Å². The summed E-state index contributed by atoms with van der Waals surface area (Å²) in [5.74, 6) is -0.154. The van der Waals surface area contributed by atoms with Crippen LogP contribution in [0.2, 0.25) is 0 Å². The normalized spacial score (nSPS) is 11.2. The van der Waals surface area contributed by atoms with Crippen LogP contribution >= 0.6 is 0 Å². The van der Waals surface area contributed by atoms with Gasteiger partial charge in [0.25, 0.3) is 5.56 Å². The smallest absolute Gasteiger partial charge is 0.273 e. The number of nitrogens with zero attached hydrogens (tertiary/aromatic N) is 4. The molecule has 0 radical (unpaired) electrons. The molecule has 1 amide bonds. The summed E-state index contributed by atoms with van der Waals surface area (Å²) >= 11 is 0. The van der Waals surface area contributed by atoms with Crippen molar-refractivity contribution in [3.05, 3.63) is 88.7 Å². The lowest BCUT2D eigenvalue weighted by Gasteiger charge is -2.09. The standard InChI is InChI=1S/C21H17N5O2/c1-15(27)23-17-5-2-6-19(12-17)25-11-9-20-24-18(13-21(28)26(20)25)8-7-16-4-3-10-22-14-16/h2-14H,1H3,(H,23,27). The third kappa shape index (κ3) is 3.59. The number of nitrogens with one attached hydrogen (secondary N) is 1. The number of pyridine rings is 1. The van der Waals surface area contributed by atoms with E-state index >= 15 is 0 Å². The minimum atomic E-state index is -0.203. The maximum absolute atomic E-state index is 12.7. The fourth-order valence-electron chi connectivity index (χ4n) is 2.91. The van der Waals surface area contributed by atoms with Crippen molar-refractivity contribution in [3.8, 4) is 5.69 Å². The molecule has 0 aliphatic heterocycles. The summed E-state index contributed by atoms with van der Waals surface area (Å²) in [7, 11) is 0. The molecule has 4 rings (SSSR count). The highest BCUT2D eigenvalue weighted by atomic mass is 16.1. The molecule has 1 aromatic carbocycles. The largest absolute Gasteiger partial charge is 0.326 e. The molecule has 7 heteroatoms. The summed E-state index contributed by atoms with van der Waals surface area (Å²) in [4.78, 5) is 32.6. The van der Waals surface area contributed by atoms with Crippen LogP contribution in [0, 0.1) is 0 Å². The maximum Gasteiger partial charge on any atom is 0.273 e. The first-order chi connectivity index (χ1) is 13.6. The number of hydrogen-bond acceptors (Lipinski definition) is 4. The number of fused-ring (bicyclic) bond motifs is 1. The Kier molecular flexibility index (Phi) is 4.55. The summed E-state index contributed by atoms with van der Waals surface area (Å²) < 4.78 is 3.18. The van der Waals surface area contributed by atoms with Gasteiger partial charge in [-0.3, -0.25) is 19.3 Å². The van der Waals surface area contributed by atoms with Gasteiger partial charge in [-0.05, 0) is 35.9 Å². The third-order valence-electron chi connectivity index (χ3n) is 4.08. The fourth-order valence-corrected chi connectivity index (χ4v) is 2.91. The first-order valence-electron chi connectivity index (χ1n) is 8.68. The highest BCUT2D eigenvalue weighted by molar-refractivity contribution is 5.88. The van der Waals surface area contributed by atoms with Gasteiger partial charge in [-0.15, -0.1) is 0 Å². The topological polar surface area (TPSA) is 81.3 Å². The molecule has 0 fully saturated rings. The number of carbonyl (C=O) groups is 1. The van der Waals surface area contributed by atoms with Crippen LogP contribution in [-0.4, -0.2) is 25.1 Å². The second-order valence-electron chi connectivity index (χ2n) is 6.20. The van der Waals surface area contributed by atoms with Crippen LogP contribution in [0.25, 0.3) is 23.5 Å². The van der Waals surface area contributed by atoms with Crippen molar-refractivity contribution >= 4 is 29.4 Å². The Bertz CT molecular complexity index is 1240. The Hall–Kier alpha value is -4.00. The Morgan fingerprint density at radius 2 is 2.00 bits per heavy atom. The van der Waals surface area contributed by atoms with E-state index in [0.29, 0.717) is 17.0 Å². The lowest BCUT2D eigenvalue weighted by atomic mass is 10.2. The van der Waals surface area contributed by atoms with Gasteiger partial charge in [-0.2, -0.15) is 4.52 Å². The molecule has 3 heterocycles. The van der Waals surface area contributed by atoms with Crippen molar-refractivity contribution in [3.63, 3.8) is 0 Å². The molecule has 0 aliphatic carbocycles. The average molecular weight is 371 g/mol. The lowest BCUT2D eigenvalue weighted by molar-refractivity contribution is -0.114. The summed E-state index contributed by atoms with van der Waals surface area (Å²) in [6, 6.07) is 14.3. The van der Waals surface area contributed by atoms with E-state index in [9.17, 15) is 9.59 Å². The van der Waals surface area contributed by atoms with Crippen LogP contribution in [0.1, 0.15) is 18.2 Å². The molecule has 1 N–H and O–H groups in total. The van der Waals surface area contributed by atoms with Gasteiger partial charge < -0.3 is 5.32 Å². The van der Waals surface area contributed by atoms with Crippen molar-refractivity contribution in [1.29, 1.82) is 0 Å². The van der Waals surface area contributed by atoms with E-state index in [1.807, 2.05) is 30.3 Å². The zero-order chi connectivity index (χ0) is 19.5. The fraction of sp³-hybridized carbons (Fsp3) is 0.0476. The van der Waals surface area contributed by atoms with Gasteiger partial charge in [-0.1, -0.05) is 18.2 Å². The molecule has 0 saturated carbocycles. The number of hydrogen-bond donors (Lipinski definition) is 1. The maximum atomic E-state index is 12.7. The number of benzene rings is 1. The molecule has 0 spiro atoms. The van der Waals surface area contributed by atoms with E-state index < -0.39 is 0 Å². The van der Waals surface area contributed by atoms with Crippen LogP contribution in [-0.2, 0) is 4.79 Å². The minimum absolute atomic E-state index is 0.154. The van der Waals surface area contributed by atoms with Crippen molar-refractivity contribution in [1.82, 2.24) is 19.2 Å². The van der Waals surface area contributed by atoms with Gasteiger partial charge in [-0.25, -0.2) is 4.98 Å². The van der Waals surface area contributed by atoms with Crippen LogP contribution < -0.4 is 10.9 Å². The van der Waals surface area contributed by atoms with Crippen LogP contribution in [0.4, 0.5) is 5.69 Å². The van der Waals surface area contributed by atoms with Gasteiger partial charge in [0.1, 0.15) is 0 Å². The Morgan fingerprint density at radius 1 is 1.11 bits per heavy atom. The molecule has 0 aliphatic rings. The van der Waals surface area contributed by atoms with Gasteiger partial charge >= 0.3 is 0 Å². The van der Waals surface area contributed by atoms with Crippen molar-refractivity contribution < 1.29 is 4.79 Å². The van der Waals surface area contributed by atoms with Crippen molar-refractivity contribution in [2.45, 2.75) is 6.92 Å². The van der Waals surface area contributed by atoms with Gasteiger partial charge in [0.15, 0.2) is 5.65 Å². The third-order valence-corrected chi connectivity index (χ3v) is 4.08. The number of rotatable bonds is 4. The van der Waals surface area contributed by atoms with Gasteiger partial charge in [0.2, 0.25) is 5.91 Å². The molecular weight excluding hydrogens is 354 g/mol. The first kappa shape index (κ1) is 17.4. The highest BCUT2D eigenvalue weighted by Crippen LogP contribution is 2.16. The van der Waals surface area contributed by atoms with Crippen LogP contribution in [0.5, 0.6) is 0 Å². The molecule has 4 aromatic rings. The van der Waals surface area contributed by atoms with E-state index in [1.165, 1.54) is 17.5 Å². The molecule has 0 saturated heterocycles. The zero-order valence-corrected chi connectivity index (χ0v) is 15.1. The van der Waals surface area contributed by atoms with Crippen LogP contribution in [0.15, 0.2) is 71.9 Å². The van der Waals surface area contributed by atoms with E-state index in [2.05, 4.69) is 15.3 Å². The van der Waals surface area contributed by atoms with Gasteiger partial charge in [0, 0.05) is 43.3 Å². The molecular formula is C21H17N5O2. The Morgan fingerprint density at radius 3 is 2.79 bits per heavy atom. The molecule has 138 valence electrons. The lowest BCUT2D eigenvalue weighted by Crippen LogP contribution is -2.20. The zero-order valence-electron chi connectivity index (χ0n) is 15.1. The average Bonchev–Trinajstić information content (AvgIpc) is 3.12. The number of carbonyl (C=O) groups excluding carboxylic acids is 1. The number of aromatic nitrogens is 4. The second-order valence-corrected chi connectivity index (χ2v) is 6.20. The molecule has 28 heavy (non-hydrogen) atoms. The Balaban J connectivity index is 1.72. The van der Waals surface area contributed by atoms with Crippen molar-refractivity contribution in [2.24, 2.45) is 0 Å². The summed E-state index contributed by atoms with van der Waals surface area (Å²) in [5, 5.41) is 2.74. The second kappa shape index (κ2) is 7.32. The monoisotopic (exact) mass is 371 g/mol. The van der Waals surface area contributed by atoms with E-state index in [-0.39, 0.29) is 11.5 Å². The van der Waals surface area contributed by atoms with E-state index in [4.69, 9.17) is 0 Å². The molecule has 3 aromatic heterocycles. The molecule has 0 atom stereocenters. The predicted octanol–water partition coefficient (Wildman–Crippen LogP) is 3.01. The minimum Gasteiger partial charge on any atom is -0.326 e. The number of anilines is 1. The summed E-state index contributed by atoms with van der Waals surface area (Å²) in [6.07, 6.45) is 8.86. The molecule has 7 nitrogen and oxygen atoms in total. The predicted molar refractivity (Wildman–Crippen MR) is 108 cm³/mol. The van der Waals surface area contributed by atoms with E-state index in [0.717, 1.165) is 11.3 Å². The Labute approximate surface area is 160 Å².